The molecule has 1 saturated heterocycles. The third-order valence-corrected chi connectivity index (χ3v) is 4.82. The molecule has 0 bridgehead atoms. The van der Waals surface area contributed by atoms with E-state index in [1.807, 2.05) is 0 Å². The van der Waals surface area contributed by atoms with Gasteiger partial charge in [0, 0.05) is 5.56 Å². The molecule has 2 aliphatic rings. The van der Waals surface area contributed by atoms with Gasteiger partial charge in [0.2, 0.25) is 5.60 Å². The summed E-state index contributed by atoms with van der Waals surface area (Å²) in [6, 6.07) is 2.71. The molecule has 156 valence electrons. The molecular formula is C16H21NO11. The second-order valence-electron chi connectivity index (χ2n) is 6.87. The van der Waals surface area contributed by atoms with Crippen molar-refractivity contribution in [1.82, 2.24) is 5.32 Å². The van der Waals surface area contributed by atoms with Gasteiger partial charge in [-0.05, 0) is 37.8 Å². The monoisotopic (exact) mass is 403 g/mol. The van der Waals surface area contributed by atoms with E-state index in [2.05, 4.69) is 4.74 Å². The fourth-order valence-corrected chi connectivity index (χ4v) is 3.39. The first-order chi connectivity index (χ1) is 12.8. The van der Waals surface area contributed by atoms with Crippen LogP contribution in [0.5, 0.6) is 11.5 Å². The Labute approximate surface area is 157 Å². The number of nitrogens with one attached hydrogen (secondary N) is 1. The Morgan fingerprint density at radius 2 is 1.61 bits per heavy atom. The Hall–Kier alpha value is -2.03. The maximum atomic E-state index is 11.7. The molecule has 1 amide bonds. The van der Waals surface area contributed by atoms with Crippen molar-refractivity contribution in [2.24, 2.45) is 0 Å². The van der Waals surface area contributed by atoms with Crippen molar-refractivity contribution < 1.29 is 55.1 Å². The van der Waals surface area contributed by atoms with Crippen LogP contribution in [0.3, 0.4) is 0 Å². The van der Waals surface area contributed by atoms with E-state index >= 15 is 0 Å². The van der Waals surface area contributed by atoms with Crippen molar-refractivity contribution in [3.8, 4) is 11.5 Å². The van der Waals surface area contributed by atoms with Crippen molar-refractivity contribution in [3.05, 3.63) is 23.8 Å². The lowest BCUT2D eigenvalue weighted by Crippen LogP contribution is -2.62. The summed E-state index contributed by atoms with van der Waals surface area (Å²) in [7, 11) is 0. The van der Waals surface area contributed by atoms with E-state index in [1.54, 1.807) is 0 Å². The Morgan fingerprint density at radius 1 is 1.00 bits per heavy atom. The van der Waals surface area contributed by atoms with E-state index in [1.165, 1.54) is 5.32 Å². The molecule has 1 aliphatic carbocycles. The van der Waals surface area contributed by atoms with E-state index < -0.39 is 40.7 Å². The highest BCUT2D eigenvalue weighted by atomic mass is 16.9. The number of hydrogen-bond acceptors (Lipinski definition) is 11. The standard InChI is InChI=1S/C16H21NO11/c18-12-14(20,21)13(19,15(22,23)17-12)8-5-6-10(28-16(24,25)26)11(7-8)27-9-3-1-2-4-9/h5-7,9,19-26H,1-4H2,(H,17,18). The molecule has 0 aromatic heterocycles. The first-order valence-electron chi connectivity index (χ1n) is 8.40. The molecule has 1 aliphatic heterocycles. The Morgan fingerprint density at radius 3 is 2.11 bits per heavy atom. The van der Waals surface area contributed by atoms with Crippen LogP contribution in [0.15, 0.2) is 18.2 Å². The van der Waals surface area contributed by atoms with Gasteiger partial charge in [-0.3, -0.25) is 10.1 Å². The number of amides is 1. The Bertz CT molecular complexity index is 766. The number of carbonyl (C=O) groups excluding carboxylic acids is 1. The zero-order valence-electron chi connectivity index (χ0n) is 14.4. The number of carbonyl (C=O) groups is 1. The third-order valence-electron chi connectivity index (χ3n) is 4.82. The summed E-state index contributed by atoms with van der Waals surface area (Å²) in [6.45, 7) is 0. The number of ether oxygens (including phenoxy) is 2. The first-order valence-corrected chi connectivity index (χ1v) is 8.40. The molecular weight excluding hydrogens is 382 g/mol. The van der Waals surface area contributed by atoms with Gasteiger partial charge in [0.15, 0.2) is 11.5 Å². The Balaban J connectivity index is 2.07. The predicted octanol–water partition coefficient (Wildman–Crippen LogP) is -3.39. The lowest BCUT2D eigenvalue weighted by Gasteiger charge is -2.37. The number of rotatable bonds is 5. The Kier molecular flexibility index (Phi) is 4.81. The zero-order valence-corrected chi connectivity index (χ0v) is 14.4. The second kappa shape index (κ2) is 6.50. The van der Waals surface area contributed by atoms with Gasteiger partial charge in [-0.1, -0.05) is 6.07 Å². The average Bonchev–Trinajstić information content (AvgIpc) is 3.10. The minimum absolute atomic E-state index is 0.287. The van der Waals surface area contributed by atoms with Gasteiger partial charge in [0.05, 0.1) is 6.10 Å². The van der Waals surface area contributed by atoms with Gasteiger partial charge >= 0.3 is 6.16 Å². The molecule has 9 N–H and O–H groups in total. The smallest absolute Gasteiger partial charge is 0.453 e. The van der Waals surface area contributed by atoms with Crippen LogP contribution < -0.4 is 14.8 Å². The molecule has 12 heteroatoms. The van der Waals surface area contributed by atoms with Gasteiger partial charge in [-0.2, -0.15) is 0 Å². The molecule has 1 unspecified atom stereocenters. The summed E-state index contributed by atoms with van der Waals surface area (Å²) in [5, 5.41) is 79.2. The summed E-state index contributed by atoms with van der Waals surface area (Å²) in [6.07, 6.45) is -0.886. The van der Waals surface area contributed by atoms with Crippen LogP contribution in [0.1, 0.15) is 31.2 Å². The van der Waals surface area contributed by atoms with Crippen LogP contribution >= 0.6 is 0 Å². The van der Waals surface area contributed by atoms with Crippen molar-refractivity contribution >= 4 is 5.91 Å². The van der Waals surface area contributed by atoms with Gasteiger partial charge in [-0.25, -0.2) is 0 Å². The fraction of sp³-hybridized carbons (Fsp3) is 0.562. The summed E-state index contributed by atoms with van der Waals surface area (Å²) >= 11 is 0. The molecule has 1 saturated carbocycles. The molecule has 12 nitrogen and oxygen atoms in total. The molecule has 0 spiro atoms. The normalized spacial score (nSPS) is 26.9. The van der Waals surface area contributed by atoms with Gasteiger partial charge in [0.25, 0.3) is 17.6 Å². The second-order valence-corrected chi connectivity index (χ2v) is 6.87. The summed E-state index contributed by atoms with van der Waals surface area (Å²) < 4.78 is 10.2. The maximum absolute atomic E-state index is 11.7. The van der Waals surface area contributed by atoms with Crippen molar-refractivity contribution in [3.63, 3.8) is 0 Å². The van der Waals surface area contributed by atoms with E-state index in [0.29, 0.717) is 12.8 Å². The fourth-order valence-electron chi connectivity index (χ4n) is 3.39. The molecule has 3 rings (SSSR count). The van der Waals surface area contributed by atoms with Crippen LogP contribution in [0.2, 0.25) is 0 Å². The lowest BCUT2D eigenvalue weighted by atomic mass is 9.84. The average molecular weight is 403 g/mol. The van der Waals surface area contributed by atoms with Gasteiger partial charge < -0.3 is 50.3 Å². The molecule has 1 atom stereocenters. The zero-order chi connectivity index (χ0) is 21.0. The molecule has 28 heavy (non-hydrogen) atoms. The predicted molar refractivity (Wildman–Crippen MR) is 85.7 cm³/mol. The van der Waals surface area contributed by atoms with E-state index in [-0.39, 0.29) is 11.9 Å². The highest BCUT2D eigenvalue weighted by molar-refractivity contribution is 5.88. The third kappa shape index (κ3) is 3.29. The van der Waals surface area contributed by atoms with Crippen molar-refractivity contribution in [1.29, 1.82) is 0 Å². The SMILES string of the molecule is O=C1NC(O)(O)C(O)(c2ccc(OC(O)(O)O)c(OC3CCCC3)c2)C1(O)O. The molecule has 0 radical (unpaired) electrons. The topological polar surface area (TPSA) is 209 Å². The van der Waals surface area contributed by atoms with Crippen LogP contribution in [-0.4, -0.2) is 70.7 Å². The van der Waals surface area contributed by atoms with E-state index in [4.69, 9.17) is 20.1 Å². The van der Waals surface area contributed by atoms with Crippen LogP contribution in [0.25, 0.3) is 0 Å². The maximum Gasteiger partial charge on any atom is 0.453 e. The summed E-state index contributed by atoms with van der Waals surface area (Å²) in [5.41, 5.74) is -3.93. The highest BCUT2D eigenvalue weighted by Crippen LogP contribution is 2.46. The molecule has 1 aromatic rings. The van der Waals surface area contributed by atoms with E-state index in [0.717, 1.165) is 31.0 Å². The minimum atomic E-state index is -3.63. The lowest BCUT2D eigenvalue weighted by molar-refractivity contribution is -0.419. The summed E-state index contributed by atoms with van der Waals surface area (Å²) in [5.74, 6) is -9.45. The van der Waals surface area contributed by atoms with Crippen LogP contribution in [0, 0.1) is 0 Å². The van der Waals surface area contributed by atoms with Crippen LogP contribution in [-0.2, 0) is 10.4 Å². The minimum Gasteiger partial charge on any atom is -0.487 e. The van der Waals surface area contributed by atoms with Gasteiger partial charge in [0.1, 0.15) is 0 Å². The molecule has 2 fully saturated rings. The quantitative estimate of drug-likeness (QED) is 0.221. The number of aliphatic hydroxyl groups is 8. The van der Waals surface area contributed by atoms with Crippen molar-refractivity contribution in [2.75, 3.05) is 0 Å². The largest absolute Gasteiger partial charge is 0.487 e. The highest BCUT2D eigenvalue weighted by Gasteiger charge is 2.73. The van der Waals surface area contributed by atoms with E-state index in [9.17, 15) is 30.3 Å². The van der Waals surface area contributed by atoms with Crippen LogP contribution in [0.4, 0.5) is 0 Å². The number of benzene rings is 1. The van der Waals surface area contributed by atoms with Crippen molar-refractivity contribution in [2.45, 2.75) is 55.2 Å². The summed E-state index contributed by atoms with van der Waals surface area (Å²) in [4.78, 5) is 11.7. The van der Waals surface area contributed by atoms with Gasteiger partial charge in [-0.15, -0.1) is 0 Å². The molecule has 1 aromatic carbocycles. The molecule has 1 heterocycles. The first kappa shape index (κ1) is 20.7. The number of hydrogen-bond donors (Lipinski definition) is 9.